The summed E-state index contributed by atoms with van der Waals surface area (Å²) in [5, 5.41) is 6.09. The minimum Gasteiger partial charge on any atom is -0.381 e. The van der Waals surface area contributed by atoms with Gasteiger partial charge in [0.1, 0.15) is 11.5 Å². The van der Waals surface area contributed by atoms with E-state index in [9.17, 15) is 9.59 Å². The van der Waals surface area contributed by atoms with E-state index < -0.39 is 0 Å². The minimum absolute atomic E-state index is 0.0500. The number of anilines is 2. The van der Waals surface area contributed by atoms with Gasteiger partial charge in [0.2, 0.25) is 5.91 Å². The van der Waals surface area contributed by atoms with Crippen molar-refractivity contribution in [2.45, 2.75) is 26.3 Å². The van der Waals surface area contributed by atoms with Gasteiger partial charge >= 0.3 is 0 Å². The number of carbonyl (C=O) groups is 2. The van der Waals surface area contributed by atoms with Crippen LogP contribution in [0.2, 0.25) is 0 Å². The average molecular weight is 382 g/mol. The summed E-state index contributed by atoms with van der Waals surface area (Å²) in [5.74, 6) is 0.454. The molecule has 1 fully saturated rings. The molecular formula is C20H26N6O2. The van der Waals surface area contributed by atoms with Crippen LogP contribution in [0.1, 0.15) is 35.8 Å². The van der Waals surface area contributed by atoms with Crippen molar-refractivity contribution in [2.75, 3.05) is 29.9 Å². The number of hydrogen-bond donors (Lipinski definition) is 3. The van der Waals surface area contributed by atoms with Gasteiger partial charge in [0.25, 0.3) is 5.91 Å². The van der Waals surface area contributed by atoms with Crippen LogP contribution in [0.25, 0.3) is 0 Å². The lowest BCUT2D eigenvalue weighted by molar-refractivity contribution is -0.122. The number of hydrogen-bond acceptors (Lipinski definition) is 6. The van der Waals surface area contributed by atoms with Crippen molar-refractivity contribution in [3.8, 4) is 0 Å². The van der Waals surface area contributed by atoms with Gasteiger partial charge in [-0.2, -0.15) is 0 Å². The van der Waals surface area contributed by atoms with Crippen molar-refractivity contribution in [1.82, 2.24) is 15.3 Å². The summed E-state index contributed by atoms with van der Waals surface area (Å²) in [6.07, 6.45) is 4.89. The topological polar surface area (TPSA) is 113 Å². The highest BCUT2D eigenvalue weighted by Gasteiger charge is 2.24. The smallest absolute Gasteiger partial charge is 0.269 e. The molecule has 8 heteroatoms. The van der Waals surface area contributed by atoms with E-state index in [1.165, 1.54) is 0 Å². The van der Waals surface area contributed by atoms with Gasteiger partial charge in [-0.3, -0.25) is 14.6 Å². The predicted molar refractivity (Wildman–Crippen MR) is 108 cm³/mol. The number of nitrogens with zero attached hydrogens (tertiary/aromatic N) is 3. The van der Waals surface area contributed by atoms with Crippen LogP contribution in [-0.4, -0.2) is 41.4 Å². The number of nitrogens with two attached hydrogens (primary N) is 1. The van der Waals surface area contributed by atoms with E-state index in [-0.39, 0.29) is 17.7 Å². The Labute approximate surface area is 164 Å². The lowest BCUT2D eigenvalue weighted by atomic mass is 9.96. The fourth-order valence-corrected chi connectivity index (χ4v) is 3.34. The van der Waals surface area contributed by atoms with Crippen molar-refractivity contribution in [1.29, 1.82) is 0 Å². The molecule has 0 radical (unpaired) electrons. The molecule has 2 amide bonds. The summed E-state index contributed by atoms with van der Waals surface area (Å²) >= 11 is 0. The second-order valence-electron chi connectivity index (χ2n) is 6.79. The summed E-state index contributed by atoms with van der Waals surface area (Å²) in [6.45, 7) is 4.51. The first-order valence-corrected chi connectivity index (χ1v) is 9.54. The highest BCUT2D eigenvalue weighted by atomic mass is 16.2. The molecule has 0 unspecified atom stereocenters. The van der Waals surface area contributed by atoms with Crippen molar-refractivity contribution in [3.63, 3.8) is 0 Å². The highest BCUT2D eigenvalue weighted by molar-refractivity contribution is 5.93. The number of carbonyl (C=O) groups excluding carboxylic acids is 2. The first-order valence-electron chi connectivity index (χ1n) is 9.54. The van der Waals surface area contributed by atoms with Crippen LogP contribution < -0.4 is 21.3 Å². The number of primary amides is 1. The van der Waals surface area contributed by atoms with Crippen LogP contribution >= 0.6 is 0 Å². The van der Waals surface area contributed by atoms with Gasteiger partial charge in [-0.15, -0.1) is 0 Å². The first-order chi connectivity index (χ1) is 13.6. The molecular weight excluding hydrogens is 356 g/mol. The lowest BCUT2D eigenvalue weighted by Crippen LogP contribution is -2.39. The molecule has 28 heavy (non-hydrogen) atoms. The minimum atomic E-state index is -0.219. The van der Waals surface area contributed by atoms with Crippen molar-refractivity contribution in [2.24, 2.45) is 11.7 Å². The van der Waals surface area contributed by atoms with Gasteiger partial charge in [0, 0.05) is 55.7 Å². The Morgan fingerprint density at radius 1 is 1.21 bits per heavy atom. The van der Waals surface area contributed by atoms with E-state index in [1.54, 1.807) is 18.5 Å². The zero-order valence-corrected chi connectivity index (χ0v) is 16.0. The summed E-state index contributed by atoms with van der Waals surface area (Å²) < 4.78 is 0. The number of pyridine rings is 2. The van der Waals surface area contributed by atoms with Gasteiger partial charge < -0.3 is 21.3 Å². The van der Waals surface area contributed by atoms with Gasteiger partial charge in [-0.05, 0) is 38.0 Å². The Balaban J connectivity index is 1.67. The maximum atomic E-state index is 12.0. The molecule has 0 atom stereocenters. The third-order valence-electron chi connectivity index (χ3n) is 4.88. The Kier molecular flexibility index (Phi) is 6.41. The summed E-state index contributed by atoms with van der Waals surface area (Å²) in [4.78, 5) is 34.2. The lowest BCUT2D eigenvalue weighted by Gasteiger charge is -2.32. The van der Waals surface area contributed by atoms with Crippen molar-refractivity contribution < 1.29 is 9.59 Å². The number of rotatable bonds is 7. The molecule has 2 aromatic rings. The molecule has 1 saturated heterocycles. The molecule has 3 heterocycles. The van der Waals surface area contributed by atoms with Crippen LogP contribution in [0, 0.1) is 5.92 Å². The van der Waals surface area contributed by atoms with E-state index >= 15 is 0 Å². The molecule has 1 aliphatic heterocycles. The Morgan fingerprint density at radius 2 is 2.00 bits per heavy atom. The molecule has 0 aliphatic carbocycles. The van der Waals surface area contributed by atoms with E-state index in [0.29, 0.717) is 18.8 Å². The predicted octanol–water partition coefficient (Wildman–Crippen LogP) is 1.54. The SMILES string of the molecule is CCNC(=O)c1cc(NCc2cccnc2N2CCC(C(N)=O)CC2)ccn1. The number of nitrogens with one attached hydrogen (secondary N) is 2. The Bertz CT molecular complexity index is 833. The zero-order valence-electron chi connectivity index (χ0n) is 16.0. The summed E-state index contributed by atoms with van der Waals surface area (Å²) in [7, 11) is 0. The molecule has 1 aliphatic rings. The molecule has 0 saturated carbocycles. The third kappa shape index (κ3) is 4.76. The van der Waals surface area contributed by atoms with Crippen LogP contribution in [0.4, 0.5) is 11.5 Å². The molecule has 0 aromatic carbocycles. The largest absolute Gasteiger partial charge is 0.381 e. The second kappa shape index (κ2) is 9.16. The van der Waals surface area contributed by atoms with E-state index in [0.717, 1.165) is 43.0 Å². The second-order valence-corrected chi connectivity index (χ2v) is 6.79. The number of piperidine rings is 1. The Hall–Kier alpha value is -3.16. The molecule has 8 nitrogen and oxygen atoms in total. The molecule has 0 bridgehead atoms. The molecule has 3 rings (SSSR count). The molecule has 4 N–H and O–H groups in total. The van der Waals surface area contributed by atoms with Gasteiger partial charge in [0.05, 0.1) is 0 Å². The van der Waals surface area contributed by atoms with Crippen LogP contribution in [0.15, 0.2) is 36.7 Å². The fourth-order valence-electron chi connectivity index (χ4n) is 3.34. The monoisotopic (exact) mass is 382 g/mol. The fraction of sp³-hybridized carbons (Fsp3) is 0.400. The number of aromatic nitrogens is 2. The van der Waals surface area contributed by atoms with Gasteiger partial charge in [-0.1, -0.05) is 6.07 Å². The normalized spacial score (nSPS) is 14.5. The molecule has 148 valence electrons. The average Bonchev–Trinajstić information content (AvgIpc) is 2.73. The number of amides is 2. The summed E-state index contributed by atoms with van der Waals surface area (Å²) in [5.41, 5.74) is 7.68. The van der Waals surface area contributed by atoms with Crippen LogP contribution in [-0.2, 0) is 11.3 Å². The van der Waals surface area contributed by atoms with E-state index in [1.807, 2.05) is 25.1 Å². The van der Waals surface area contributed by atoms with Crippen LogP contribution in [0.3, 0.4) is 0 Å². The third-order valence-corrected chi connectivity index (χ3v) is 4.88. The van der Waals surface area contributed by atoms with Gasteiger partial charge in [-0.25, -0.2) is 4.98 Å². The zero-order chi connectivity index (χ0) is 19.9. The maximum Gasteiger partial charge on any atom is 0.269 e. The van der Waals surface area contributed by atoms with Gasteiger partial charge in [0.15, 0.2) is 0 Å². The maximum absolute atomic E-state index is 12.0. The van der Waals surface area contributed by atoms with Crippen molar-refractivity contribution >= 4 is 23.3 Å². The Morgan fingerprint density at radius 3 is 2.71 bits per heavy atom. The standard InChI is InChI=1S/C20H26N6O2/c1-2-22-20(28)17-12-16(5-9-23-17)25-13-15-4-3-8-24-19(15)26-10-6-14(7-11-26)18(21)27/h3-5,8-9,12,14H,2,6-7,10-11,13H2,1H3,(H2,21,27)(H,22,28)(H,23,25). The highest BCUT2D eigenvalue weighted by Crippen LogP contribution is 2.25. The summed E-state index contributed by atoms with van der Waals surface area (Å²) in [6, 6.07) is 7.50. The molecule has 0 spiro atoms. The first kappa shape index (κ1) is 19.6. The molecule has 2 aromatic heterocycles. The van der Waals surface area contributed by atoms with E-state index in [4.69, 9.17) is 5.73 Å². The van der Waals surface area contributed by atoms with Crippen LogP contribution in [0.5, 0.6) is 0 Å². The van der Waals surface area contributed by atoms with Crippen molar-refractivity contribution in [3.05, 3.63) is 47.9 Å². The quantitative estimate of drug-likeness (QED) is 0.669. The van der Waals surface area contributed by atoms with E-state index in [2.05, 4.69) is 25.5 Å².